The van der Waals surface area contributed by atoms with Gasteiger partial charge in [0, 0.05) is 6.07 Å². The summed E-state index contributed by atoms with van der Waals surface area (Å²) in [5.41, 5.74) is 6.01. The van der Waals surface area contributed by atoms with Gasteiger partial charge in [-0.25, -0.2) is 8.78 Å². The second-order valence-electron chi connectivity index (χ2n) is 4.01. The smallest absolute Gasteiger partial charge is 0.259 e. The highest BCUT2D eigenvalue weighted by atomic mass is 19.1. The summed E-state index contributed by atoms with van der Waals surface area (Å²) in [6.45, 7) is 0. The van der Waals surface area contributed by atoms with Crippen LogP contribution in [0.15, 0.2) is 36.4 Å². The van der Waals surface area contributed by atoms with Crippen LogP contribution in [0.5, 0.6) is 5.75 Å². The van der Waals surface area contributed by atoms with E-state index in [4.69, 9.17) is 10.5 Å². The number of amides is 1. The van der Waals surface area contributed by atoms with Crippen LogP contribution < -0.4 is 15.8 Å². The van der Waals surface area contributed by atoms with Crippen molar-refractivity contribution in [1.82, 2.24) is 0 Å². The molecule has 20 heavy (non-hydrogen) atoms. The topological polar surface area (TPSA) is 64.3 Å². The van der Waals surface area contributed by atoms with Crippen LogP contribution in [0, 0.1) is 11.6 Å². The lowest BCUT2D eigenvalue weighted by Gasteiger charge is -2.11. The zero-order chi connectivity index (χ0) is 14.7. The van der Waals surface area contributed by atoms with Crippen molar-refractivity contribution >= 4 is 17.3 Å². The normalized spacial score (nSPS) is 10.2. The summed E-state index contributed by atoms with van der Waals surface area (Å²) in [7, 11) is 1.38. The lowest BCUT2D eigenvalue weighted by atomic mass is 10.1. The molecule has 2 rings (SSSR count). The Bertz CT molecular complexity index is 660. The lowest BCUT2D eigenvalue weighted by molar-refractivity contribution is 0.102. The van der Waals surface area contributed by atoms with E-state index in [-0.39, 0.29) is 17.0 Å². The van der Waals surface area contributed by atoms with E-state index < -0.39 is 17.5 Å². The maximum absolute atomic E-state index is 13.5. The van der Waals surface area contributed by atoms with Crippen molar-refractivity contribution < 1.29 is 18.3 Å². The first kappa shape index (κ1) is 13.8. The predicted molar refractivity (Wildman–Crippen MR) is 71.7 cm³/mol. The molecule has 0 aromatic heterocycles. The van der Waals surface area contributed by atoms with Gasteiger partial charge in [-0.3, -0.25) is 4.79 Å². The van der Waals surface area contributed by atoms with Crippen LogP contribution in [0.25, 0.3) is 0 Å². The van der Waals surface area contributed by atoms with Gasteiger partial charge in [-0.2, -0.15) is 0 Å². The molecular formula is C14H12F2N2O2. The number of ether oxygens (including phenoxy) is 1. The summed E-state index contributed by atoms with van der Waals surface area (Å²) < 4.78 is 31.3. The van der Waals surface area contributed by atoms with Crippen LogP contribution in [-0.4, -0.2) is 13.0 Å². The van der Waals surface area contributed by atoms with Crippen molar-refractivity contribution in [2.24, 2.45) is 0 Å². The highest BCUT2D eigenvalue weighted by Crippen LogP contribution is 2.27. The average Bonchev–Trinajstić information content (AvgIpc) is 2.41. The van der Waals surface area contributed by atoms with E-state index in [0.717, 1.165) is 12.1 Å². The molecule has 0 aliphatic heterocycles. The number of nitrogens with one attached hydrogen (secondary N) is 1. The zero-order valence-corrected chi connectivity index (χ0v) is 10.6. The Morgan fingerprint density at radius 1 is 1.25 bits per heavy atom. The monoisotopic (exact) mass is 278 g/mol. The Morgan fingerprint density at radius 3 is 2.65 bits per heavy atom. The first-order valence-electron chi connectivity index (χ1n) is 5.72. The average molecular weight is 278 g/mol. The molecule has 0 saturated carbocycles. The number of nitrogen functional groups attached to an aromatic ring is 1. The quantitative estimate of drug-likeness (QED) is 0.848. The molecule has 0 heterocycles. The van der Waals surface area contributed by atoms with E-state index in [1.807, 2.05) is 0 Å². The molecule has 0 saturated heterocycles. The minimum atomic E-state index is -0.860. The summed E-state index contributed by atoms with van der Waals surface area (Å²) >= 11 is 0. The number of carbonyl (C=O) groups excluding carboxylic acids is 1. The third kappa shape index (κ3) is 2.69. The number of para-hydroxylation sites is 1. The fourth-order valence-electron chi connectivity index (χ4n) is 1.74. The van der Waals surface area contributed by atoms with Crippen LogP contribution in [0.3, 0.4) is 0 Å². The molecule has 2 aromatic carbocycles. The second-order valence-corrected chi connectivity index (χ2v) is 4.01. The molecule has 0 fully saturated rings. The van der Waals surface area contributed by atoms with E-state index in [9.17, 15) is 13.6 Å². The molecule has 0 aliphatic carbocycles. The van der Waals surface area contributed by atoms with E-state index in [1.165, 1.54) is 13.2 Å². The van der Waals surface area contributed by atoms with Gasteiger partial charge < -0.3 is 15.8 Å². The van der Waals surface area contributed by atoms with Gasteiger partial charge in [0.05, 0.1) is 24.0 Å². The third-order valence-corrected chi connectivity index (χ3v) is 2.67. The molecule has 0 aliphatic rings. The predicted octanol–water partition coefficient (Wildman–Crippen LogP) is 2.81. The maximum atomic E-state index is 13.5. The summed E-state index contributed by atoms with van der Waals surface area (Å²) in [5.74, 6) is -1.98. The largest absolute Gasteiger partial charge is 0.494 e. The van der Waals surface area contributed by atoms with Gasteiger partial charge in [-0.05, 0) is 24.3 Å². The van der Waals surface area contributed by atoms with Gasteiger partial charge in [0.15, 0.2) is 5.75 Å². The highest BCUT2D eigenvalue weighted by Gasteiger charge is 2.16. The van der Waals surface area contributed by atoms with Crippen LogP contribution in [0.4, 0.5) is 20.2 Å². The molecule has 0 unspecified atom stereocenters. The van der Waals surface area contributed by atoms with Gasteiger partial charge in [0.2, 0.25) is 0 Å². The number of hydrogen-bond donors (Lipinski definition) is 2. The fraction of sp³-hybridized carbons (Fsp3) is 0.0714. The molecule has 0 radical (unpaired) electrons. The first-order valence-corrected chi connectivity index (χ1v) is 5.72. The standard InChI is InChI=1S/C14H12F2N2O2/c1-20-13-9(3-2-4-11(13)17)14(19)18-12-6-5-8(15)7-10(12)16/h2-7H,17H2,1H3,(H,18,19). The molecule has 3 N–H and O–H groups in total. The van der Waals surface area contributed by atoms with Gasteiger partial charge >= 0.3 is 0 Å². The minimum absolute atomic E-state index is 0.124. The first-order chi connectivity index (χ1) is 9.52. The maximum Gasteiger partial charge on any atom is 0.259 e. The molecule has 1 amide bonds. The van der Waals surface area contributed by atoms with Gasteiger partial charge in [0.1, 0.15) is 11.6 Å². The van der Waals surface area contributed by atoms with Crippen molar-refractivity contribution in [2.75, 3.05) is 18.2 Å². The number of halogens is 2. The molecule has 6 heteroatoms. The molecule has 0 spiro atoms. The van der Waals surface area contributed by atoms with Crippen LogP contribution >= 0.6 is 0 Å². The Kier molecular flexibility index (Phi) is 3.84. The van der Waals surface area contributed by atoms with Crippen LogP contribution in [0.1, 0.15) is 10.4 Å². The molecule has 104 valence electrons. The third-order valence-electron chi connectivity index (χ3n) is 2.67. The van der Waals surface area contributed by atoms with Crippen molar-refractivity contribution in [1.29, 1.82) is 0 Å². The summed E-state index contributed by atoms with van der Waals surface area (Å²) in [6.07, 6.45) is 0. The minimum Gasteiger partial charge on any atom is -0.494 e. The van der Waals surface area contributed by atoms with E-state index in [2.05, 4.69) is 5.32 Å². The number of carbonyl (C=O) groups is 1. The number of rotatable bonds is 3. The molecule has 2 aromatic rings. The van der Waals surface area contributed by atoms with Crippen molar-refractivity contribution in [3.63, 3.8) is 0 Å². The number of hydrogen-bond acceptors (Lipinski definition) is 3. The Hall–Kier alpha value is -2.63. The highest BCUT2D eigenvalue weighted by molar-refractivity contribution is 6.07. The molecule has 0 atom stereocenters. The molecular weight excluding hydrogens is 266 g/mol. The summed E-state index contributed by atoms with van der Waals surface area (Å²) in [5, 5.41) is 2.34. The number of methoxy groups -OCH3 is 1. The van der Waals surface area contributed by atoms with Gasteiger partial charge in [-0.15, -0.1) is 0 Å². The van der Waals surface area contributed by atoms with E-state index in [1.54, 1.807) is 12.1 Å². The van der Waals surface area contributed by atoms with Crippen molar-refractivity contribution in [3.8, 4) is 5.75 Å². The Labute approximate surface area is 114 Å². The van der Waals surface area contributed by atoms with Crippen LogP contribution in [0.2, 0.25) is 0 Å². The number of nitrogens with two attached hydrogens (primary N) is 1. The van der Waals surface area contributed by atoms with E-state index in [0.29, 0.717) is 11.8 Å². The Morgan fingerprint density at radius 2 is 2.00 bits per heavy atom. The van der Waals surface area contributed by atoms with Crippen molar-refractivity contribution in [2.45, 2.75) is 0 Å². The Balaban J connectivity index is 2.31. The number of anilines is 2. The van der Waals surface area contributed by atoms with Gasteiger partial charge in [0.25, 0.3) is 5.91 Å². The van der Waals surface area contributed by atoms with Crippen LogP contribution in [-0.2, 0) is 0 Å². The van der Waals surface area contributed by atoms with Gasteiger partial charge in [-0.1, -0.05) is 6.07 Å². The lowest BCUT2D eigenvalue weighted by Crippen LogP contribution is -2.15. The van der Waals surface area contributed by atoms with E-state index >= 15 is 0 Å². The molecule has 0 bridgehead atoms. The molecule has 4 nitrogen and oxygen atoms in total. The fourth-order valence-corrected chi connectivity index (χ4v) is 1.74. The zero-order valence-electron chi connectivity index (χ0n) is 10.6. The summed E-state index contributed by atoms with van der Waals surface area (Å²) in [6, 6.07) is 7.52. The summed E-state index contributed by atoms with van der Waals surface area (Å²) in [4.78, 5) is 12.1. The SMILES string of the molecule is COc1c(N)cccc1C(=O)Nc1ccc(F)cc1F. The van der Waals surface area contributed by atoms with Crippen molar-refractivity contribution in [3.05, 3.63) is 53.6 Å². The number of benzene rings is 2. The second kappa shape index (κ2) is 5.56.